The van der Waals surface area contributed by atoms with Crippen LogP contribution in [0.2, 0.25) is 0 Å². The zero-order valence-electron chi connectivity index (χ0n) is 10.1. The maximum absolute atomic E-state index is 3.64. The summed E-state index contributed by atoms with van der Waals surface area (Å²) in [4.78, 5) is 3.73. The Morgan fingerprint density at radius 3 is 2.75 bits per heavy atom. The molecule has 0 aliphatic carbocycles. The minimum absolute atomic E-state index is 0.647. The third-order valence-corrected chi connectivity index (χ3v) is 3.88. The first-order valence-corrected chi connectivity index (χ1v) is 7.09. The smallest absolute Gasteiger partial charge is 0.0353 e. The molecule has 1 fully saturated rings. The quantitative estimate of drug-likeness (QED) is 0.812. The predicted molar refractivity (Wildman–Crippen MR) is 72.4 cm³/mol. The van der Waals surface area contributed by atoms with E-state index in [2.05, 4.69) is 47.8 Å². The van der Waals surface area contributed by atoms with E-state index in [1.165, 1.54) is 36.5 Å². The van der Waals surface area contributed by atoms with Gasteiger partial charge in [0.1, 0.15) is 0 Å². The molecule has 1 aliphatic rings. The molecule has 2 nitrogen and oxygen atoms in total. The molecule has 0 atom stereocenters. The van der Waals surface area contributed by atoms with Crippen molar-refractivity contribution in [3.63, 3.8) is 0 Å². The Kier molecular flexibility index (Phi) is 4.13. The molecule has 1 aliphatic heterocycles. The Balaban J connectivity index is 1.93. The Hall–Kier alpha value is -0.670. The van der Waals surface area contributed by atoms with Crippen molar-refractivity contribution in [2.75, 3.05) is 31.7 Å². The largest absolute Gasteiger partial charge is 0.382 e. The number of thioether (sulfide) groups is 1. The van der Waals surface area contributed by atoms with Gasteiger partial charge in [0.15, 0.2) is 0 Å². The molecular weight excluding hydrogens is 216 g/mol. The lowest BCUT2D eigenvalue weighted by Crippen LogP contribution is -2.36. The summed E-state index contributed by atoms with van der Waals surface area (Å²) in [6.07, 6.45) is 4.62. The lowest BCUT2D eigenvalue weighted by molar-refractivity contribution is 0.264. The summed E-state index contributed by atoms with van der Waals surface area (Å²) in [7, 11) is 2.20. The lowest BCUT2D eigenvalue weighted by atomic mass is 10.1. The van der Waals surface area contributed by atoms with Gasteiger partial charge in [0.2, 0.25) is 0 Å². The summed E-state index contributed by atoms with van der Waals surface area (Å²) < 4.78 is 0. The SMILES string of the molecule is CSc1cccc(NC2CCN(C)CC2)c1. The number of anilines is 1. The van der Waals surface area contributed by atoms with E-state index in [0.29, 0.717) is 6.04 Å². The number of piperidine rings is 1. The van der Waals surface area contributed by atoms with Crippen LogP contribution in [0.3, 0.4) is 0 Å². The molecule has 1 aromatic rings. The third kappa shape index (κ3) is 3.16. The highest BCUT2D eigenvalue weighted by Crippen LogP contribution is 2.21. The van der Waals surface area contributed by atoms with Crippen molar-refractivity contribution in [2.45, 2.75) is 23.8 Å². The van der Waals surface area contributed by atoms with E-state index >= 15 is 0 Å². The number of hydrogen-bond donors (Lipinski definition) is 1. The number of benzene rings is 1. The summed E-state index contributed by atoms with van der Waals surface area (Å²) >= 11 is 1.80. The van der Waals surface area contributed by atoms with Crippen LogP contribution in [0.25, 0.3) is 0 Å². The average Bonchev–Trinajstić information content (AvgIpc) is 2.32. The summed E-state index contributed by atoms with van der Waals surface area (Å²) in [5.74, 6) is 0. The molecule has 1 N–H and O–H groups in total. The first-order chi connectivity index (χ1) is 7.78. The summed E-state index contributed by atoms with van der Waals surface area (Å²) in [6.45, 7) is 2.42. The first-order valence-electron chi connectivity index (χ1n) is 5.87. The molecule has 1 heterocycles. The van der Waals surface area contributed by atoms with E-state index in [9.17, 15) is 0 Å². The zero-order valence-corrected chi connectivity index (χ0v) is 10.9. The highest BCUT2D eigenvalue weighted by Gasteiger charge is 2.15. The van der Waals surface area contributed by atoms with Crippen LogP contribution in [-0.4, -0.2) is 37.3 Å². The monoisotopic (exact) mass is 236 g/mol. The van der Waals surface area contributed by atoms with Crippen LogP contribution in [0.4, 0.5) is 5.69 Å². The minimum atomic E-state index is 0.647. The minimum Gasteiger partial charge on any atom is -0.382 e. The van der Waals surface area contributed by atoms with E-state index in [4.69, 9.17) is 0 Å². The maximum atomic E-state index is 3.64. The maximum Gasteiger partial charge on any atom is 0.0353 e. The fourth-order valence-electron chi connectivity index (χ4n) is 2.10. The van der Waals surface area contributed by atoms with Gasteiger partial charge in [0, 0.05) is 16.6 Å². The van der Waals surface area contributed by atoms with Gasteiger partial charge in [-0.15, -0.1) is 11.8 Å². The van der Waals surface area contributed by atoms with Gasteiger partial charge in [-0.1, -0.05) is 6.07 Å². The molecular formula is C13H20N2S. The normalized spacial score (nSPS) is 18.6. The van der Waals surface area contributed by atoms with Crippen LogP contribution >= 0.6 is 11.8 Å². The number of nitrogens with zero attached hydrogens (tertiary/aromatic N) is 1. The van der Waals surface area contributed by atoms with Gasteiger partial charge in [-0.3, -0.25) is 0 Å². The average molecular weight is 236 g/mol. The topological polar surface area (TPSA) is 15.3 Å². The summed E-state index contributed by atoms with van der Waals surface area (Å²) in [5, 5.41) is 3.64. The molecule has 0 saturated carbocycles. The van der Waals surface area contributed by atoms with Crippen molar-refractivity contribution >= 4 is 17.4 Å². The zero-order chi connectivity index (χ0) is 11.4. The number of nitrogens with one attached hydrogen (secondary N) is 1. The molecule has 1 aromatic carbocycles. The van der Waals surface area contributed by atoms with Gasteiger partial charge in [-0.2, -0.15) is 0 Å². The Labute approximate surface area is 102 Å². The van der Waals surface area contributed by atoms with Crippen molar-refractivity contribution in [1.82, 2.24) is 4.90 Å². The van der Waals surface area contributed by atoms with Crippen molar-refractivity contribution in [3.05, 3.63) is 24.3 Å². The number of rotatable bonds is 3. The fourth-order valence-corrected chi connectivity index (χ4v) is 2.56. The highest BCUT2D eigenvalue weighted by molar-refractivity contribution is 7.98. The van der Waals surface area contributed by atoms with Crippen LogP contribution in [0.1, 0.15) is 12.8 Å². The lowest BCUT2D eigenvalue weighted by Gasteiger charge is -2.30. The molecule has 0 bridgehead atoms. The van der Waals surface area contributed by atoms with Crippen molar-refractivity contribution < 1.29 is 0 Å². The van der Waals surface area contributed by atoms with E-state index in [0.717, 1.165) is 0 Å². The van der Waals surface area contributed by atoms with Gasteiger partial charge in [0.05, 0.1) is 0 Å². The van der Waals surface area contributed by atoms with Crippen LogP contribution in [0.5, 0.6) is 0 Å². The molecule has 0 radical (unpaired) electrons. The molecule has 1 saturated heterocycles. The second kappa shape index (κ2) is 5.60. The second-order valence-corrected chi connectivity index (χ2v) is 5.33. The van der Waals surface area contributed by atoms with Crippen LogP contribution in [0.15, 0.2) is 29.2 Å². The second-order valence-electron chi connectivity index (χ2n) is 4.45. The van der Waals surface area contributed by atoms with Crippen molar-refractivity contribution in [3.8, 4) is 0 Å². The van der Waals surface area contributed by atoms with Gasteiger partial charge in [-0.25, -0.2) is 0 Å². The van der Waals surface area contributed by atoms with Gasteiger partial charge in [-0.05, 0) is 57.4 Å². The third-order valence-electron chi connectivity index (χ3n) is 3.16. The van der Waals surface area contributed by atoms with Crippen molar-refractivity contribution in [1.29, 1.82) is 0 Å². The van der Waals surface area contributed by atoms with Gasteiger partial charge >= 0.3 is 0 Å². The Bertz CT molecular complexity index is 332. The van der Waals surface area contributed by atoms with Crippen LogP contribution < -0.4 is 5.32 Å². The van der Waals surface area contributed by atoms with Crippen molar-refractivity contribution in [2.24, 2.45) is 0 Å². The molecule has 0 unspecified atom stereocenters. The molecule has 3 heteroatoms. The standard InChI is InChI=1S/C13H20N2S/c1-15-8-6-11(7-9-15)14-12-4-3-5-13(10-12)16-2/h3-5,10-11,14H,6-9H2,1-2H3. The Morgan fingerprint density at radius 2 is 2.06 bits per heavy atom. The fraction of sp³-hybridized carbons (Fsp3) is 0.538. The van der Waals surface area contributed by atoms with Gasteiger partial charge < -0.3 is 10.2 Å². The molecule has 2 rings (SSSR count). The van der Waals surface area contributed by atoms with E-state index in [-0.39, 0.29) is 0 Å². The van der Waals surface area contributed by atoms with E-state index < -0.39 is 0 Å². The Morgan fingerprint density at radius 1 is 1.31 bits per heavy atom. The van der Waals surface area contributed by atoms with E-state index in [1.54, 1.807) is 11.8 Å². The predicted octanol–water partition coefficient (Wildman–Crippen LogP) is 2.91. The molecule has 16 heavy (non-hydrogen) atoms. The highest BCUT2D eigenvalue weighted by atomic mass is 32.2. The van der Waals surface area contributed by atoms with Gasteiger partial charge in [0.25, 0.3) is 0 Å². The molecule has 0 spiro atoms. The summed E-state index contributed by atoms with van der Waals surface area (Å²) in [5.41, 5.74) is 1.27. The summed E-state index contributed by atoms with van der Waals surface area (Å²) in [6, 6.07) is 9.34. The molecule has 88 valence electrons. The molecule has 0 amide bonds. The first kappa shape index (κ1) is 11.8. The van der Waals surface area contributed by atoms with E-state index in [1.807, 2.05) is 0 Å². The molecule has 0 aromatic heterocycles. The number of likely N-dealkylation sites (tertiary alicyclic amines) is 1. The number of hydrogen-bond acceptors (Lipinski definition) is 3. The van der Waals surface area contributed by atoms with Crippen LogP contribution in [-0.2, 0) is 0 Å². The van der Waals surface area contributed by atoms with Crippen LogP contribution in [0, 0.1) is 0 Å².